The first kappa shape index (κ1) is 121. The van der Waals surface area contributed by atoms with E-state index in [2.05, 4.69) is 68.6 Å². The van der Waals surface area contributed by atoms with E-state index in [9.17, 15) is 41.9 Å². The number of primary amides is 1. The van der Waals surface area contributed by atoms with E-state index in [4.69, 9.17) is 197 Å². The Kier molecular flexibility index (Phi) is 46.7. The Morgan fingerprint density at radius 1 is 0.565 bits per heavy atom. The van der Waals surface area contributed by atoms with Crippen LogP contribution in [0, 0.1) is 6.92 Å². The van der Waals surface area contributed by atoms with E-state index in [0.29, 0.717) is 118 Å². The summed E-state index contributed by atoms with van der Waals surface area (Å²) in [6.07, 6.45) is -2.66. The van der Waals surface area contributed by atoms with E-state index < -0.39 is 58.3 Å². The topological polar surface area (TPSA) is 319 Å². The molecule has 9 unspecified atom stereocenters. The molecule has 2 heterocycles. The highest BCUT2D eigenvalue weighted by molar-refractivity contribution is 8.00. The molecule has 0 radical (unpaired) electrons. The fraction of sp³-hybridized carbons (Fsp3) is 0.385. The molecule has 794 valence electrons. The summed E-state index contributed by atoms with van der Waals surface area (Å²) < 4.78 is 101. The lowest BCUT2D eigenvalue weighted by Gasteiger charge is -2.34. The highest BCUT2D eigenvalue weighted by atomic mass is 35.5. The Bertz CT molecular complexity index is 6190. The van der Waals surface area contributed by atoms with Gasteiger partial charge in [0.25, 0.3) is 29.7 Å². The van der Waals surface area contributed by atoms with Crippen LogP contribution in [0.15, 0.2) is 174 Å². The first-order valence-electron chi connectivity index (χ1n) is 46.0. The van der Waals surface area contributed by atoms with Gasteiger partial charge in [-0.1, -0.05) is 157 Å². The minimum absolute atomic E-state index is 0.0807. The Hall–Kier alpha value is -9.39. The number of ether oxygens (including phenoxy) is 11. The number of anilines is 1. The molecule has 0 bridgehead atoms. The second-order valence-electron chi connectivity index (χ2n) is 34.2. The number of benzene rings is 9. The molecular weight excluding hydrogens is 2190 g/mol. The van der Waals surface area contributed by atoms with Crippen LogP contribution in [0.1, 0.15) is 167 Å². The maximum absolute atomic E-state index is 13.8. The number of hydrogen-bond donors (Lipinski definition) is 6. The zero-order valence-electron chi connectivity index (χ0n) is 83.0. The van der Waals surface area contributed by atoms with Gasteiger partial charge in [-0.15, -0.1) is 46.7 Å². The first-order chi connectivity index (χ1) is 69.7. The number of alkyl halides is 5. The number of amides is 6. The van der Waals surface area contributed by atoms with E-state index in [1.54, 1.807) is 114 Å². The van der Waals surface area contributed by atoms with Gasteiger partial charge in [0.2, 0.25) is 29.0 Å². The van der Waals surface area contributed by atoms with Gasteiger partial charge in [0.05, 0.1) is 102 Å². The molecule has 7 N–H and O–H groups in total. The first-order valence-corrected chi connectivity index (χ1v) is 52.4. The lowest BCUT2D eigenvalue weighted by atomic mass is 9.87. The molecule has 0 spiro atoms. The summed E-state index contributed by atoms with van der Waals surface area (Å²) in [6, 6.07) is 43.7. The predicted molar refractivity (Wildman–Crippen MR) is 579 cm³/mol. The maximum Gasteiger partial charge on any atom is 0.434 e. The number of carbonyl (C=O) groups is 6. The molecule has 1 fully saturated rings. The molecule has 3 aliphatic rings. The number of halogens is 15. The number of nitrogens with zero attached hydrogens (tertiary/aromatic N) is 3. The van der Waals surface area contributed by atoms with Gasteiger partial charge in [-0.2, -0.15) is 13.2 Å². The number of thioether (sulfide) groups is 2. The molecule has 43 heteroatoms. The summed E-state index contributed by atoms with van der Waals surface area (Å²) in [5, 5.41) is 17.7. The number of nitrogens with one attached hydrogen (secondary N) is 5. The number of carbonyl (C=O) groups excluding carboxylic acids is 6. The predicted octanol–water partition coefficient (Wildman–Crippen LogP) is 26.0. The minimum Gasteiger partial charge on any atom is -0.497 e. The number of aryl methyl sites for hydroxylation is 2. The third-order valence-corrected chi connectivity index (χ3v) is 28.9. The second kappa shape index (κ2) is 56.6. The van der Waals surface area contributed by atoms with Crippen LogP contribution in [-0.4, -0.2) is 161 Å². The van der Waals surface area contributed by atoms with Crippen molar-refractivity contribution < 1.29 is 94.0 Å². The van der Waals surface area contributed by atoms with Gasteiger partial charge in [0, 0.05) is 92.2 Å². The zero-order chi connectivity index (χ0) is 108. The number of rotatable bonds is 39. The summed E-state index contributed by atoms with van der Waals surface area (Å²) in [4.78, 5) is 86.7. The highest BCUT2D eigenvalue weighted by Crippen LogP contribution is 2.51. The normalized spacial score (nSPS) is 15.2. The smallest absolute Gasteiger partial charge is 0.434 e. The standard InChI is InChI=1S/C22H23Cl4NO2S.C22H24Cl2F3NO5.C22H25Cl2NO5.C20H21Cl2N3O3.C18H21Cl2N3O2S/c1-12(2)30-15-7-8-16-13(10-15)4-3-5-18(16)27-22(28)20(21(25)26)29-19-9-6-14(23)11-17(19)24;1-21(7-8-30-2,13-9-15(31-3)12-16(10-13)32-4)28-20(29)19(22(25,26)27)33-18-6-5-14(23)11-17(18)24;1-5-16(30-17-7-6-14(23)12-15(17)24)21(26)25-22(8-9-22)13-10-18(27-2)20(29-4)19(11-13)28-3;1-3-17(28-18-7-5-12(21)9-14(18)22)20(27)24-15-10-25(2)16-6-4-11(19(23)26)8-13(15)16;1-5-13(26-14-9-21-18(20)23-16(14)19)17(24)22-11(3)15-10(2)7-6-8-12(15)25-4/h6-12,18,20-21H,3-5H2,1-2H3,(H,27,28);5-6,9-12,19H,7-8H2,1-4H3,(H,28,29);6-7,10-12,16H,5,8-9H2,1-4H3,(H,25,26);4-9,15,17H,3,10H2,1-2H3,(H2,23,26)(H,24,27);6-9,11,13H,5H2,1-4H3,(H,22,24). The van der Waals surface area contributed by atoms with Gasteiger partial charge in [0.15, 0.2) is 28.5 Å². The van der Waals surface area contributed by atoms with E-state index in [1.807, 2.05) is 94.7 Å². The molecule has 1 aliphatic heterocycles. The van der Waals surface area contributed by atoms with Crippen molar-refractivity contribution in [3.63, 3.8) is 0 Å². The van der Waals surface area contributed by atoms with Gasteiger partial charge in [0.1, 0.15) is 45.4 Å². The lowest BCUT2D eigenvalue weighted by molar-refractivity contribution is -0.199. The Balaban J connectivity index is 0.000000205. The van der Waals surface area contributed by atoms with Crippen LogP contribution in [0.5, 0.6) is 57.5 Å². The summed E-state index contributed by atoms with van der Waals surface area (Å²) in [5.41, 5.74) is 11.6. The molecule has 0 saturated heterocycles. The molecule has 1 saturated carbocycles. The lowest BCUT2D eigenvalue weighted by Crippen LogP contribution is -2.54. The molecule has 9 aromatic carbocycles. The van der Waals surface area contributed by atoms with Crippen LogP contribution in [0.25, 0.3) is 0 Å². The molecule has 26 nitrogen and oxygen atoms in total. The van der Waals surface area contributed by atoms with Crippen molar-refractivity contribution in [2.24, 2.45) is 5.73 Å². The number of aromatic nitrogens is 2. The molecule has 147 heavy (non-hydrogen) atoms. The summed E-state index contributed by atoms with van der Waals surface area (Å²) >= 11 is 75.1. The van der Waals surface area contributed by atoms with Crippen molar-refractivity contribution in [2.75, 3.05) is 74.9 Å². The molecule has 1 aromatic heterocycles. The van der Waals surface area contributed by atoms with Gasteiger partial charge >= 0.3 is 6.18 Å². The monoisotopic (exact) mass is 2300 g/mol. The quantitative estimate of drug-likeness (QED) is 0.00902. The maximum atomic E-state index is 13.8. The molecule has 9 atom stereocenters. The van der Waals surface area contributed by atoms with Crippen molar-refractivity contribution in [1.82, 2.24) is 36.6 Å². The average molecular weight is 2310 g/mol. The Morgan fingerprint density at radius 3 is 1.58 bits per heavy atom. The molecule has 6 amide bonds. The van der Waals surface area contributed by atoms with Gasteiger partial charge in [-0.05, 0) is 251 Å². The molecular formula is C104H114Cl12F3N9O17S2. The molecule has 10 aromatic rings. The summed E-state index contributed by atoms with van der Waals surface area (Å²) in [5.74, 6) is 1.09. The highest BCUT2D eigenvalue weighted by Gasteiger charge is 2.51. The Morgan fingerprint density at radius 2 is 1.10 bits per heavy atom. The van der Waals surface area contributed by atoms with Crippen LogP contribution in [0.2, 0.25) is 50.6 Å². The summed E-state index contributed by atoms with van der Waals surface area (Å²) in [7, 11) is 12.6. The van der Waals surface area contributed by atoms with E-state index in [1.165, 1.54) is 67.9 Å². The van der Waals surface area contributed by atoms with Gasteiger partial charge in [-0.25, -0.2) is 9.97 Å². The van der Waals surface area contributed by atoms with Crippen molar-refractivity contribution >= 4 is 204 Å². The van der Waals surface area contributed by atoms with Crippen molar-refractivity contribution in [2.45, 2.75) is 198 Å². The fourth-order valence-electron chi connectivity index (χ4n) is 15.7. The van der Waals surface area contributed by atoms with Crippen molar-refractivity contribution in [3.8, 4) is 57.5 Å². The largest absolute Gasteiger partial charge is 0.497 e. The van der Waals surface area contributed by atoms with E-state index in [0.717, 1.165) is 77.4 Å². The number of nitrogens with two attached hydrogens (primary N) is 1. The number of fused-ring (bicyclic) bond motifs is 2. The number of likely N-dealkylation sites (N-methyl/N-ethyl adjacent to an activating group) is 1. The van der Waals surface area contributed by atoms with Crippen molar-refractivity contribution in [1.29, 1.82) is 0 Å². The number of hydrogen-bond acceptors (Lipinski definition) is 22. The zero-order valence-corrected chi connectivity index (χ0v) is 93.7. The Labute approximate surface area is 922 Å². The van der Waals surface area contributed by atoms with Gasteiger partial charge < -0.3 is 89.3 Å². The second-order valence-corrected chi connectivity index (χ2v) is 42.3. The third kappa shape index (κ3) is 34.1. The van der Waals surface area contributed by atoms with Gasteiger partial charge in [-0.3, -0.25) is 28.8 Å². The SMILES string of the molecule is CC(C)Sc1ccc2c(c1)CCCC2NC(=O)C(Oc1ccc(Cl)cc1Cl)C(Cl)Cl.CCC(Oc1ccc(Cl)cc1Cl)C(=O)NC1(c2cc(OC)c(OC)c(OC)c2)CC1.CCC(Oc1ccc(Cl)cc1Cl)C(=O)NC1CN(C)c2ccc(C(N)=O)cc21.CCC(Sc1cnc(Cl)nc1Cl)C(=O)NC(C)c1c(C)cccc1OC.COCCC(C)(NC(=O)C(Oc1ccc(Cl)cc1Cl)C(F)(F)F)c1cc(OC)cc(OC)c1. The van der Waals surface area contributed by atoms with Crippen LogP contribution in [0.3, 0.4) is 0 Å². The van der Waals surface area contributed by atoms with E-state index >= 15 is 0 Å². The number of methoxy groups -OCH3 is 7. The van der Waals surface area contributed by atoms with Crippen LogP contribution >= 0.6 is 163 Å². The third-order valence-electron chi connectivity index (χ3n) is 23.4. The summed E-state index contributed by atoms with van der Waals surface area (Å²) in [6.45, 7) is 16.3. The molecule has 13 rings (SSSR count). The van der Waals surface area contributed by atoms with E-state index in [-0.39, 0.29) is 91.3 Å². The van der Waals surface area contributed by atoms with Crippen LogP contribution in [0.4, 0.5) is 18.9 Å². The average Bonchev–Trinajstić information content (AvgIpc) is 1.63. The fourth-order valence-corrected chi connectivity index (χ4v) is 20.1. The molecule has 2 aliphatic carbocycles. The van der Waals surface area contributed by atoms with Crippen molar-refractivity contribution in [3.05, 3.63) is 259 Å². The van der Waals surface area contributed by atoms with Crippen LogP contribution in [-0.2, 0) is 46.2 Å². The van der Waals surface area contributed by atoms with Crippen LogP contribution < -0.4 is 84.6 Å². The minimum atomic E-state index is -5.03.